The molecule has 0 aromatic carbocycles. The monoisotopic (exact) mass is 308 g/mol. The molecule has 21 heavy (non-hydrogen) atoms. The average molecular weight is 309 g/mol. The molecular weight excluding hydrogens is 288 g/mol. The van der Waals surface area contributed by atoms with Gasteiger partial charge in [-0.15, -0.1) is 0 Å². The van der Waals surface area contributed by atoms with Gasteiger partial charge in [-0.25, -0.2) is 0 Å². The van der Waals surface area contributed by atoms with Crippen LogP contribution in [-0.4, -0.2) is 26.4 Å². The Morgan fingerprint density at radius 3 is 2.62 bits per heavy atom. The van der Waals surface area contributed by atoms with Crippen LogP contribution in [0, 0.1) is 20.8 Å². The van der Waals surface area contributed by atoms with E-state index < -0.39 is 0 Å². The zero-order valence-corrected chi connectivity index (χ0v) is 13.7. The minimum Gasteiger partial charge on any atom is -0.361 e. The number of nitrogens with zero attached hydrogens (tertiary/aromatic N) is 4. The first-order valence-electron chi connectivity index (χ1n) is 7.33. The first-order valence-corrected chi connectivity index (χ1v) is 7.71. The van der Waals surface area contributed by atoms with E-state index in [0.717, 1.165) is 41.8 Å². The van der Waals surface area contributed by atoms with Gasteiger partial charge >= 0.3 is 0 Å². The predicted octanol–water partition coefficient (Wildman–Crippen LogP) is 3.32. The van der Waals surface area contributed by atoms with E-state index in [-0.39, 0.29) is 0 Å². The maximum atomic E-state index is 6.45. The minimum absolute atomic E-state index is 0.333. The van der Waals surface area contributed by atoms with Crippen LogP contribution < -0.4 is 0 Å². The number of hydrogen-bond donors (Lipinski definition) is 0. The van der Waals surface area contributed by atoms with E-state index in [9.17, 15) is 0 Å². The summed E-state index contributed by atoms with van der Waals surface area (Å²) in [5, 5.41) is 9.25. The number of aryl methyl sites for hydroxylation is 4. The smallest absolute Gasteiger partial charge is 0.138 e. The molecule has 0 N–H and O–H groups in total. The Morgan fingerprint density at radius 2 is 2.05 bits per heavy atom. The molecule has 1 saturated heterocycles. The second-order valence-corrected chi connectivity index (χ2v) is 6.20. The van der Waals surface area contributed by atoms with Gasteiger partial charge in [-0.05, 0) is 40.2 Å². The van der Waals surface area contributed by atoms with Crippen molar-refractivity contribution >= 4 is 11.6 Å². The second kappa shape index (κ2) is 5.46. The van der Waals surface area contributed by atoms with Crippen LogP contribution in [0.15, 0.2) is 4.52 Å². The third-order valence-electron chi connectivity index (χ3n) is 4.44. The summed E-state index contributed by atoms with van der Waals surface area (Å²) >= 11 is 6.45. The number of halogens is 1. The SMILES string of the molecule is Cc1noc(C)c1CN1CCC[C@@H]1c1c(C)nn(C)c1Cl. The third-order valence-corrected chi connectivity index (χ3v) is 4.88. The maximum Gasteiger partial charge on any atom is 0.138 e. The van der Waals surface area contributed by atoms with Crippen molar-refractivity contribution in [3.8, 4) is 0 Å². The predicted molar refractivity (Wildman–Crippen MR) is 81.3 cm³/mol. The molecule has 3 heterocycles. The van der Waals surface area contributed by atoms with E-state index in [4.69, 9.17) is 16.1 Å². The zero-order valence-electron chi connectivity index (χ0n) is 13.0. The fourth-order valence-electron chi connectivity index (χ4n) is 3.30. The first-order chi connectivity index (χ1) is 9.99. The van der Waals surface area contributed by atoms with Crippen LogP contribution >= 0.6 is 11.6 Å². The Morgan fingerprint density at radius 1 is 1.29 bits per heavy atom. The Hall–Kier alpha value is -1.33. The lowest BCUT2D eigenvalue weighted by atomic mass is 10.0. The van der Waals surface area contributed by atoms with E-state index in [1.165, 1.54) is 17.5 Å². The van der Waals surface area contributed by atoms with Crippen molar-refractivity contribution < 1.29 is 4.52 Å². The molecule has 114 valence electrons. The summed E-state index contributed by atoms with van der Waals surface area (Å²) in [6, 6.07) is 0.333. The molecule has 0 radical (unpaired) electrons. The van der Waals surface area contributed by atoms with Crippen LogP contribution in [0.25, 0.3) is 0 Å². The highest BCUT2D eigenvalue weighted by Crippen LogP contribution is 2.38. The maximum absolute atomic E-state index is 6.45. The Bertz CT molecular complexity index is 641. The topological polar surface area (TPSA) is 47.1 Å². The minimum atomic E-state index is 0.333. The summed E-state index contributed by atoms with van der Waals surface area (Å²) in [5.74, 6) is 0.909. The lowest BCUT2D eigenvalue weighted by Crippen LogP contribution is -2.23. The van der Waals surface area contributed by atoms with Gasteiger partial charge in [0.25, 0.3) is 0 Å². The second-order valence-electron chi connectivity index (χ2n) is 5.84. The summed E-state index contributed by atoms with van der Waals surface area (Å²) in [4.78, 5) is 2.46. The molecule has 6 heteroatoms. The van der Waals surface area contributed by atoms with Crippen LogP contribution in [0.3, 0.4) is 0 Å². The fourth-order valence-corrected chi connectivity index (χ4v) is 3.60. The lowest BCUT2D eigenvalue weighted by Gasteiger charge is -2.24. The Labute approximate surface area is 129 Å². The molecular formula is C15H21ClN4O. The summed E-state index contributed by atoms with van der Waals surface area (Å²) in [7, 11) is 1.90. The van der Waals surface area contributed by atoms with Crippen molar-refractivity contribution in [3.05, 3.63) is 33.4 Å². The molecule has 0 amide bonds. The van der Waals surface area contributed by atoms with Gasteiger partial charge in [-0.2, -0.15) is 5.10 Å². The number of hydrogen-bond acceptors (Lipinski definition) is 4. The van der Waals surface area contributed by atoms with Crippen molar-refractivity contribution in [2.24, 2.45) is 7.05 Å². The van der Waals surface area contributed by atoms with Gasteiger partial charge < -0.3 is 4.52 Å². The summed E-state index contributed by atoms with van der Waals surface area (Å²) < 4.78 is 7.04. The van der Waals surface area contributed by atoms with Crippen molar-refractivity contribution in [3.63, 3.8) is 0 Å². The van der Waals surface area contributed by atoms with Gasteiger partial charge in [0.05, 0.1) is 11.4 Å². The molecule has 1 atom stereocenters. The van der Waals surface area contributed by atoms with Gasteiger partial charge in [0.15, 0.2) is 0 Å². The Kier molecular flexibility index (Phi) is 3.80. The number of aromatic nitrogens is 3. The fraction of sp³-hybridized carbons (Fsp3) is 0.600. The number of rotatable bonds is 3. The normalized spacial score (nSPS) is 19.6. The highest BCUT2D eigenvalue weighted by atomic mass is 35.5. The van der Waals surface area contributed by atoms with Crippen molar-refractivity contribution in [1.82, 2.24) is 19.8 Å². The van der Waals surface area contributed by atoms with Crippen LogP contribution in [0.2, 0.25) is 5.15 Å². The van der Waals surface area contributed by atoms with Crippen LogP contribution in [-0.2, 0) is 13.6 Å². The molecule has 0 saturated carbocycles. The van der Waals surface area contributed by atoms with Crippen molar-refractivity contribution in [2.45, 2.75) is 46.2 Å². The van der Waals surface area contributed by atoms with E-state index in [2.05, 4.69) is 15.2 Å². The standard InChI is InChI=1S/C15H21ClN4O/c1-9-12(11(3)21-18-9)8-20-7-5-6-13(20)14-10(2)17-19(4)15(14)16/h13H,5-8H2,1-4H3/t13-/m1/s1. The highest BCUT2D eigenvalue weighted by Gasteiger charge is 2.32. The molecule has 0 aliphatic carbocycles. The summed E-state index contributed by atoms with van der Waals surface area (Å²) in [5.41, 5.74) is 4.37. The summed E-state index contributed by atoms with van der Waals surface area (Å²) in [6.45, 7) is 7.94. The van der Waals surface area contributed by atoms with E-state index in [1.807, 2.05) is 27.8 Å². The molecule has 0 spiro atoms. The molecule has 1 fully saturated rings. The third kappa shape index (κ3) is 2.49. The molecule has 3 rings (SSSR count). The average Bonchev–Trinajstić information content (AvgIpc) is 3.07. The molecule has 0 bridgehead atoms. The molecule has 2 aromatic heterocycles. The van der Waals surface area contributed by atoms with Crippen molar-refractivity contribution in [2.75, 3.05) is 6.54 Å². The van der Waals surface area contributed by atoms with Gasteiger partial charge in [0.1, 0.15) is 10.9 Å². The van der Waals surface area contributed by atoms with E-state index in [1.54, 1.807) is 4.68 Å². The van der Waals surface area contributed by atoms with Gasteiger partial charge in [0, 0.05) is 30.8 Å². The van der Waals surface area contributed by atoms with E-state index >= 15 is 0 Å². The van der Waals surface area contributed by atoms with Crippen LogP contribution in [0.1, 0.15) is 47.2 Å². The largest absolute Gasteiger partial charge is 0.361 e. The van der Waals surface area contributed by atoms with E-state index in [0.29, 0.717) is 6.04 Å². The Balaban J connectivity index is 1.89. The lowest BCUT2D eigenvalue weighted by molar-refractivity contribution is 0.246. The van der Waals surface area contributed by atoms with Crippen LogP contribution in [0.4, 0.5) is 0 Å². The molecule has 1 aliphatic rings. The quantitative estimate of drug-likeness (QED) is 0.872. The zero-order chi connectivity index (χ0) is 15.1. The van der Waals surface area contributed by atoms with Crippen LogP contribution in [0.5, 0.6) is 0 Å². The van der Waals surface area contributed by atoms with Gasteiger partial charge in [-0.1, -0.05) is 16.8 Å². The van der Waals surface area contributed by atoms with Gasteiger partial charge in [0.2, 0.25) is 0 Å². The highest BCUT2D eigenvalue weighted by molar-refractivity contribution is 6.30. The van der Waals surface area contributed by atoms with Gasteiger partial charge in [-0.3, -0.25) is 9.58 Å². The molecule has 0 unspecified atom stereocenters. The number of likely N-dealkylation sites (tertiary alicyclic amines) is 1. The molecule has 5 nitrogen and oxygen atoms in total. The first kappa shape index (κ1) is 14.6. The van der Waals surface area contributed by atoms with Crippen molar-refractivity contribution in [1.29, 1.82) is 0 Å². The molecule has 2 aromatic rings. The summed E-state index contributed by atoms with van der Waals surface area (Å²) in [6.07, 6.45) is 2.30. The molecule has 1 aliphatic heterocycles.